The van der Waals surface area contributed by atoms with Crippen molar-refractivity contribution in [1.29, 1.82) is 0 Å². The topological polar surface area (TPSA) is 57.6 Å². The van der Waals surface area contributed by atoms with Crippen LogP contribution in [0.15, 0.2) is 48.7 Å². The number of unbranched alkanes of at least 4 members (excludes halogenated alkanes) is 1. The summed E-state index contributed by atoms with van der Waals surface area (Å²) in [7, 11) is 1.98. The maximum atomic E-state index is 13.2. The van der Waals surface area contributed by atoms with Gasteiger partial charge in [-0.1, -0.05) is 50.6 Å². The number of urea groups is 1. The number of benzene rings is 1. The van der Waals surface area contributed by atoms with Gasteiger partial charge in [-0.3, -0.25) is 4.79 Å². The van der Waals surface area contributed by atoms with E-state index in [-0.39, 0.29) is 18.5 Å². The Bertz CT molecular complexity index is 757. The molecule has 3 amide bonds. The number of nitrogens with zero attached hydrogens (tertiary/aromatic N) is 3. The van der Waals surface area contributed by atoms with Crippen molar-refractivity contribution in [2.24, 2.45) is 7.05 Å². The standard InChI is InChI=1S/C23H34N4O2/c1-4-6-14-24-23(29)26(15-5-2)19-22(28)27(17-20-11-8-7-9-12-20)18-21-13-10-16-25(21)3/h7-13,16H,4-6,14-15,17-19H2,1-3H3,(H,24,29). The average Bonchev–Trinajstić information content (AvgIpc) is 3.12. The predicted octanol–water partition coefficient (Wildman–Crippen LogP) is 3.78. The van der Waals surface area contributed by atoms with Crippen LogP contribution < -0.4 is 5.32 Å². The number of amides is 3. The van der Waals surface area contributed by atoms with Gasteiger partial charge in [0.25, 0.3) is 0 Å². The zero-order chi connectivity index (χ0) is 21.1. The molecule has 0 radical (unpaired) electrons. The lowest BCUT2D eigenvalue weighted by atomic mass is 10.2. The van der Waals surface area contributed by atoms with Crippen molar-refractivity contribution in [3.05, 3.63) is 59.9 Å². The minimum atomic E-state index is -0.160. The third-order valence-electron chi connectivity index (χ3n) is 4.89. The van der Waals surface area contributed by atoms with E-state index in [2.05, 4.69) is 12.2 Å². The summed E-state index contributed by atoms with van der Waals surface area (Å²) in [6.45, 7) is 6.42. The third kappa shape index (κ3) is 7.29. The first-order valence-electron chi connectivity index (χ1n) is 10.5. The predicted molar refractivity (Wildman–Crippen MR) is 116 cm³/mol. The Kier molecular flexibility index (Phi) is 9.28. The van der Waals surface area contributed by atoms with Crippen molar-refractivity contribution in [2.45, 2.75) is 46.2 Å². The molecule has 0 spiro atoms. The molecule has 0 fully saturated rings. The molecular weight excluding hydrogens is 364 g/mol. The normalized spacial score (nSPS) is 10.6. The van der Waals surface area contributed by atoms with Gasteiger partial charge in [0.2, 0.25) is 5.91 Å². The van der Waals surface area contributed by atoms with Crippen LogP contribution in [-0.4, -0.2) is 45.9 Å². The Morgan fingerprint density at radius 3 is 2.34 bits per heavy atom. The maximum Gasteiger partial charge on any atom is 0.317 e. The van der Waals surface area contributed by atoms with Crippen molar-refractivity contribution in [3.63, 3.8) is 0 Å². The summed E-state index contributed by atoms with van der Waals surface area (Å²) in [5.74, 6) is -0.0471. The molecule has 1 aromatic heterocycles. The van der Waals surface area contributed by atoms with Gasteiger partial charge in [-0.05, 0) is 30.5 Å². The summed E-state index contributed by atoms with van der Waals surface area (Å²) in [5, 5.41) is 2.93. The molecule has 2 rings (SSSR count). The molecule has 29 heavy (non-hydrogen) atoms. The highest BCUT2D eigenvalue weighted by atomic mass is 16.2. The summed E-state index contributed by atoms with van der Waals surface area (Å²) >= 11 is 0. The second kappa shape index (κ2) is 11.9. The van der Waals surface area contributed by atoms with Gasteiger partial charge in [0.1, 0.15) is 6.54 Å². The van der Waals surface area contributed by atoms with Crippen molar-refractivity contribution in [1.82, 2.24) is 19.7 Å². The third-order valence-corrected chi connectivity index (χ3v) is 4.89. The number of aryl methyl sites for hydroxylation is 1. The number of carbonyl (C=O) groups excluding carboxylic acids is 2. The Labute approximate surface area is 174 Å². The molecule has 1 heterocycles. The fraction of sp³-hybridized carbons (Fsp3) is 0.478. The summed E-state index contributed by atoms with van der Waals surface area (Å²) in [5.41, 5.74) is 2.13. The first-order valence-corrected chi connectivity index (χ1v) is 10.5. The highest BCUT2D eigenvalue weighted by Crippen LogP contribution is 2.12. The van der Waals surface area contributed by atoms with Crippen LogP contribution in [0.5, 0.6) is 0 Å². The first-order chi connectivity index (χ1) is 14.0. The molecular formula is C23H34N4O2. The summed E-state index contributed by atoms with van der Waals surface area (Å²) in [6.07, 6.45) is 4.75. The number of rotatable bonds is 11. The number of carbonyl (C=O) groups is 2. The lowest BCUT2D eigenvalue weighted by Crippen LogP contribution is -2.47. The Hall–Kier alpha value is -2.76. The van der Waals surface area contributed by atoms with Gasteiger partial charge in [-0.2, -0.15) is 0 Å². The molecule has 2 aromatic rings. The van der Waals surface area contributed by atoms with Crippen LogP contribution in [-0.2, 0) is 24.9 Å². The van der Waals surface area contributed by atoms with E-state index in [1.54, 1.807) is 4.90 Å². The number of hydrogen-bond donors (Lipinski definition) is 1. The summed E-state index contributed by atoms with van der Waals surface area (Å²) in [4.78, 5) is 29.2. The summed E-state index contributed by atoms with van der Waals surface area (Å²) < 4.78 is 2.02. The zero-order valence-corrected chi connectivity index (χ0v) is 17.9. The van der Waals surface area contributed by atoms with E-state index < -0.39 is 0 Å². The number of nitrogens with one attached hydrogen (secondary N) is 1. The SMILES string of the molecule is CCCCNC(=O)N(CCC)CC(=O)N(Cc1ccccc1)Cc1cccn1C. The van der Waals surface area contributed by atoms with Gasteiger partial charge in [-0.15, -0.1) is 0 Å². The van der Waals surface area contributed by atoms with Crippen LogP contribution in [0.3, 0.4) is 0 Å². The van der Waals surface area contributed by atoms with Gasteiger partial charge in [0.05, 0.1) is 6.54 Å². The Morgan fingerprint density at radius 2 is 1.72 bits per heavy atom. The van der Waals surface area contributed by atoms with E-state index in [1.165, 1.54) is 0 Å². The fourth-order valence-corrected chi connectivity index (χ4v) is 3.16. The molecule has 0 aliphatic rings. The quantitative estimate of drug-likeness (QED) is 0.586. The molecule has 0 aliphatic heterocycles. The molecule has 0 bridgehead atoms. The number of aromatic nitrogens is 1. The van der Waals surface area contributed by atoms with Gasteiger partial charge in [0, 0.05) is 38.6 Å². The molecule has 6 heteroatoms. The van der Waals surface area contributed by atoms with Crippen LogP contribution in [0.1, 0.15) is 44.4 Å². The van der Waals surface area contributed by atoms with Crippen molar-refractivity contribution >= 4 is 11.9 Å². The van der Waals surface area contributed by atoms with E-state index in [0.717, 1.165) is 30.5 Å². The average molecular weight is 399 g/mol. The molecule has 0 unspecified atom stereocenters. The maximum absolute atomic E-state index is 13.2. The molecule has 0 aliphatic carbocycles. The van der Waals surface area contributed by atoms with Crippen LogP contribution in [0, 0.1) is 0 Å². The molecule has 1 N–H and O–H groups in total. The monoisotopic (exact) mass is 398 g/mol. The molecule has 1 aromatic carbocycles. The highest BCUT2D eigenvalue weighted by molar-refractivity contribution is 5.84. The molecule has 0 atom stereocenters. The van der Waals surface area contributed by atoms with E-state index in [4.69, 9.17) is 0 Å². The van der Waals surface area contributed by atoms with Gasteiger partial charge in [0.15, 0.2) is 0 Å². The van der Waals surface area contributed by atoms with Crippen LogP contribution in [0.4, 0.5) is 4.79 Å². The van der Waals surface area contributed by atoms with Crippen LogP contribution in [0.2, 0.25) is 0 Å². The van der Waals surface area contributed by atoms with Gasteiger partial charge < -0.3 is 19.7 Å². The molecule has 6 nitrogen and oxygen atoms in total. The van der Waals surface area contributed by atoms with Crippen molar-refractivity contribution in [2.75, 3.05) is 19.6 Å². The molecule has 0 saturated heterocycles. The second-order valence-corrected chi connectivity index (χ2v) is 7.35. The Balaban J connectivity index is 2.11. The van der Waals surface area contributed by atoms with Crippen molar-refractivity contribution in [3.8, 4) is 0 Å². The fourth-order valence-electron chi connectivity index (χ4n) is 3.16. The lowest BCUT2D eigenvalue weighted by molar-refractivity contribution is -0.133. The minimum absolute atomic E-state index is 0.0471. The van der Waals surface area contributed by atoms with Gasteiger partial charge in [-0.25, -0.2) is 4.79 Å². The van der Waals surface area contributed by atoms with Crippen LogP contribution >= 0.6 is 0 Å². The first kappa shape index (κ1) is 22.5. The van der Waals surface area contributed by atoms with E-state index in [1.807, 2.05) is 72.1 Å². The largest absolute Gasteiger partial charge is 0.353 e. The minimum Gasteiger partial charge on any atom is -0.353 e. The van der Waals surface area contributed by atoms with Gasteiger partial charge >= 0.3 is 6.03 Å². The van der Waals surface area contributed by atoms with E-state index in [0.29, 0.717) is 26.2 Å². The Morgan fingerprint density at radius 1 is 0.966 bits per heavy atom. The highest BCUT2D eigenvalue weighted by Gasteiger charge is 2.21. The lowest BCUT2D eigenvalue weighted by Gasteiger charge is -2.28. The second-order valence-electron chi connectivity index (χ2n) is 7.35. The zero-order valence-electron chi connectivity index (χ0n) is 17.9. The van der Waals surface area contributed by atoms with E-state index in [9.17, 15) is 9.59 Å². The smallest absolute Gasteiger partial charge is 0.317 e. The van der Waals surface area contributed by atoms with Crippen LogP contribution in [0.25, 0.3) is 0 Å². The van der Waals surface area contributed by atoms with E-state index >= 15 is 0 Å². The molecule has 158 valence electrons. The molecule has 0 saturated carbocycles. The van der Waals surface area contributed by atoms with Crippen molar-refractivity contribution < 1.29 is 9.59 Å². The summed E-state index contributed by atoms with van der Waals surface area (Å²) in [6, 6.07) is 13.8. The number of hydrogen-bond acceptors (Lipinski definition) is 2.